The number of halogens is 2. The van der Waals surface area contributed by atoms with E-state index in [-0.39, 0.29) is 18.1 Å². The first-order valence-corrected chi connectivity index (χ1v) is 8.33. The van der Waals surface area contributed by atoms with Crippen LogP contribution in [-0.4, -0.2) is 23.1 Å². The molecule has 1 saturated carbocycles. The number of benzene rings is 1. The van der Waals surface area contributed by atoms with E-state index >= 15 is 0 Å². The van der Waals surface area contributed by atoms with Crippen LogP contribution in [0, 0.1) is 0 Å². The number of carbonyl (C=O) groups excluding carboxylic acids is 1. The van der Waals surface area contributed by atoms with Gasteiger partial charge in [-0.3, -0.25) is 0 Å². The number of ether oxygens (including phenoxy) is 1. The molecule has 138 valence electrons. The summed E-state index contributed by atoms with van der Waals surface area (Å²) in [6.07, 6.45) is 1.25. The largest absolute Gasteiger partial charge is 0.497 e. The first-order valence-electron chi connectivity index (χ1n) is 8.33. The molecule has 0 radical (unpaired) electrons. The third kappa shape index (κ3) is 3.89. The van der Waals surface area contributed by atoms with E-state index in [0.29, 0.717) is 0 Å². The van der Waals surface area contributed by atoms with Gasteiger partial charge in [-0.15, -0.1) is 0 Å². The Morgan fingerprint density at radius 3 is 2.81 bits per heavy atom. The molecule has 0 unspecified atom stereocenters. The van der Waals surface area contributed by atoms with Crippen LogP contribution in [0.15, 0.2) is 36.5 Å². The summed E-state index contributed by atoms with van der Waals surface area (Å²) in [6.45, 7) is -0.0272. The molecule has 8 heteroatoms. The Kier molecular flexibility index (Phi) is 5.29. The average Bonchev–Trinajstić information content (AvgIpc) is 2.63. The molecule has 1 fully saturated rings. The van der Waals surface area contributed by atoms with Gasteiger partial charge in [0.2, 0.25) is 0 Å². The molecule has 0 atom stereocenters. The van der Waals surface area contributed by atoms with Crippen LogP contribution < -0.4 is 15.4 Å². The van der Waals surface area contributed by atoms with Crippen molar-refractivity contribution in [2.45, 2.75) is 37.8 Å². The number of alkyl halides is 2. The van der Waals surface area contributed by atoms with Crippen LogP contribution in [-0.2, 0) is 12.1 Å². The molecule has 1 aromatic carbocycles. The maximum absolute atomic E-state index is 12.7. The highest BCUT2D eigenvalue weighted by Crippen LogP contribution is 2.42. The Morgan fingerprint density at radius 1 is 1.35 bits per heavy atom. The number of rotatable bonds is 6. The number of nitrogens with zero attached hydrogens (tertiary/aromatic N) is 2. The van der Waals surface area contributed by atoms with Crippen LogP contribution in [0.5, 0.6) is 5.75 Å². The molecule has 26 heavy (non-hydrogen) atoms. The number of methoxy groups -OCH3 is 1. The lowest BCUT2D eigenvalue weighted by Gasteiger charge is -2.43. The molecule has 1 heterocycles. The van der Waals surface area contributed by atoms with Gasteiger partial charge in [-0.1, -0.05) is 12.1 Å². The number of urea groups is 1. The highest BCUT2D eigenvalue weighted by atomic mass is 19.3. The van der Waals surface area contributed by atoms with Gasteiger partial charge >= 0.3 is 6.03 Å². The van der Waals surface area contributed by atoms with Crippen molar-refractivity contribution in [3.05, 3.63) is 53.6 Å². The van der Waals surface area contributed by atoms with Crippen molar-refractivity contribution in [3.8, 4) is 5.75 Å². The van der Waals surface area contributed by atoms with E-state index in [9.17, 15) is 13.6 Å². The molecule has 1 aliphatic rings. The molecule has 1 aliphatic carbocycles. The fourth-order valence-electron chi connectivity index (χ4n) is 2.98. The number of hydrogen-bond acceptors (Lipinski definition) is 4. The molecule has 3 rings (SSSR count). The summed E-state index contributed by atoms with van der Waals surface area (Å²) in [6, 6.07) is 8.37. The van der Waals surface area contributed by atoms with Crippen molar-refractivity contribution in [1.82, 2.24) is 20.6 Å². The van der Waals surface area contributed by atoms with Gasteiger partial charge in [-0.05, 0) is 43.0 Å². The van der Waals surface area contributed by atoms with Crippen molar-refractivity contribution in [3.63, 3.8) is 0 Å². The Labute approximate surface area is 150 Å². The average molecular weight is 362 g/mol. The van der Waals surface area contributed by atoms with Gasteiger partial charge in [0.05, 0.1) is 19.2 Å². The van der Waals surface area contributed by atoms with Crippen molar-refractivity contribution in [2.24, 2.45) is 0 Å². The Morgan fingerprint density at radius 2 is 2.15 bits per heavy atom. The second kappa shape index (κ2) is 7.63. The minimum absolute atomic E-state index is 0.0272. The van der Waals surface area contributed by atoms with Crippen LogP contribution in [0.4, 0.5) is 13.6 Å². The molecule has 2 N–H and O–H groups in total. The maximum atomic E-state index is 12.7. The predicted octanol–water partition coefficient (Wildman–Crippen LogP) is 3.30. The fraction of sp³-hybridized carbons (Fsp3) is 0.389. The quantitative estimate of drug-likeness (QED) is 0.827. The highest BCUT2D eigenvalue weighted by Gasteiger charge is 2.40. The van der Waals surface area contributed by atoms with E-state index in [4.69, 9.17) is 4.74 Å². The zero-order valence-electron chi connectivity index (χ0n) is 14.3. The van der Waals surface area contributed by atoms with E-state index in [1.807, 2.05) is 24.3 Å². The van der Waals surface area contributed by atoms with E-state index in [0.717, 1.165) is 36.6 Å². The number of amides is 2. The number of carbonyl (C=O) groups is 1. The summed E-state index contributed by atoms with van der Waals surface area (Å²) in [7, 11) is 1.60. The lowest BCUT2D eigenvalue weighted by atomic mass is 9.72. The Balaban J connectivity index is 1.64. The third-order valence-corrected chi connectivity index (χ3v) is 4.54. The van der Waals surface area contributed by atoms with Crippen LogP contribution in [0.3, 0.4) is 0 Å². The summed E-state index contributed by atoms with van der Waals surface area (Å²) in [5, 5.41) is 5.63. The molecule has 6 nitrogen and oxygen atoms in total. The SMILES string of the molecule is COc1cccc(C2(NC(=O)NCc3nccc(C(F)F)n3)CCC2)c1. The van der Waals surface area contributed by atoms with Gasteiger partial charge < -0.3 is 15.4 Å². The van der Waals surface area contributed by atoms with Gasteiger partial charge in [0.25, 0.3) is 6.43 Å². The molecule has 0 saturated heterocycles. The maximum Gasteiger partial charge on any atom is 0.315 e. The van der Waals surface area contributed by atoms with Crippen molar-refractivity contribution < 1.29 is 18.3 Å². The Hall–Kier alpha value is -2.77. The first kappa shape index (κ1) is 18.0. The van der Waals surface area contributed by atoms with Crippen LogP contribution >= 0.6 is 0 Å². The molecular formula is C18H20F2N4O2. The zero-order valence-corrected chi connectivity index (χ0v) is 14.3. The van der Waals surface area contributed by atoms with Crippen LogP contribution in [0.2, 0.25) is 0 Å². The van der Waals surface area contributed by atoms with Gasteiger partial charge in [-0.2, -0.15) is 0 Å². The monoisotopic (exact) mass is 362 g/mol. The van der Waals surface area contributed by atoms with E-state index in [2.05, 4.69) is 20.6 Å². The highest BCUT2D eigenvalue weighted by molar-refractivity contribution is 5.75. The van der Waals surface area contributed by atoms with E-state index in [1.54, 1.807) is 7.11 Å². The van der Waals surface area contributed by atoms with Crippen LogP contribution in [0.25, 0.3) is 0 Å². The summed E-state index contributed by atoms with van der Waals surface area (Å²) >= 11 is 0. The van der Waals surface area contributed by atoms with Crippen LogP contribution in [0.1, 0.15) is 42.8 Å². The summed E-state index contributed by atoms with van der Waals surface area (Å²) < 4.78 is 30.6. The normalized spacial score (nSPS) is 15.2. The van der Waals surface area contributed by atoms with Gasteiger partial charge in [0.1, 0.15) is 17.3 Å². The molecular weight excluding hydrogens is 342 g/mol. The molecule has 1 aromatic heterocycles. The topological polar surface area (TPSA) is 76.1 Å². The van der Waals surface area contributed by atoms with Gasteiger partial charge in [0.15, 0.2) is 0 Å². The fourth-order valence-corrected chi connectivity index (χ4v) is 2.98. The number of hydrogen-bond donors (Lipinski definition) is 2. The van der Waals surface area contributed by atoms with E-state index < -0.39 is 18.0 Å². The van der Waals surface area contributed by atoms with Gasteiger partial charge in [0, 0.05) is 6.20 Å². The van der Waals surface area contributed by atoms with Crippen molar-refractivity contribution >= 4 is 6.03 Å². The second-order valence-corrected chi connectivity index (χ2v) is 6.17. The third-order valence-electron chi connectivity index (χ3n) is 4.54. The first-order chi connectivity index (χ1) is 12.5. The lowest BCUT2D eigenvalue weighted by Crippen LogP contribution is -2.53. The van der Waals surface area contributed by atoms with Gasteiger partial charge in [-0.25, -0.2) is 23.5 Å². The Bertz CT molecular complexity index is 781. The standard InChI is InChI=1S/C18H20F2N4O2/c1-26-13-5-2-4-12(10-13)18(7-3-8-18)24-17(25)22-11-15-21-9-6-14(23-15)16(19)20/h2,4-6,9-10,16H,3,7-8,11H2,1H3,(H2,22,24,25). The summed E-state index contributed by atoms with van der Waals surface area (Å²) in [4.78, 5) is 20.0. The van der Waals surface area contributed by atoms with Crippen molar-refractivity contribution in [1.29, 1.82) is 0 Å². The second-order valence-electron chi connectivity index (χ2n) is 6.17. The number of aromatic nitrogens is 2. The summed E-state index contributed by atoms with van der Waals surface area (Å²) in [5.74, 6) is 0.871. The smallest absolute Gasteiger partial charge is 0.315 e. The molecule has 0 spiro atoms. The summed E-state index contributed by atoms with van der Waals surface area (Å²) in [5.41, 5.74) is 0.183. The molecule has 0 aliphatic heterocycles. The molecule has 2 amide bonds. The van der Waals surface area contributed by atoms with Crippen molar-refractivity contribution in [2.75, 3.05) is 7.11 Å². The molecule has 0 bridgehead atoms. The zero-order chi connectivity index (χ0) is 18.6. The predicted molar refractivity (Wildman–Crippen MR) is 90.9 cm³/mol. The minimum atomic E-state index is -2.67. The minimum Gasteiger partial charge on any atom is -0.497 e. The molecule has 2 aromatic rings. The van der Waals surface area contributed by atoms with E-state index in [1.165, 1.54) is 6.20 Å². The number of nitrogens with one attached hydrogen (secondary N) is 2. The lowest BCUT2D eigenvalue weighted by molar-refractivity contribution is 0.145.